The van der Waals surface area contributed by atoms with Crippen LogP contribution < -0.4 is 10.5 Å². The zero-order valence-electron chi connectivity index (χ0n) is 10.2. The van der Waals surface area contributed by atoms with Gasteiger partial charge in [-0.15, -0.1) is 0 Å². The monoisotopic (exact) mass is 251 g/mol. The molecular formula is C14H21NOS. The first-order valence-electron chi connectivity index (χ1n) is 6.42. The van der Waals surface area contributed by atoms with Crippen molar-refractivity contribution >= 4 is 11.8 Å². The van der Waals surface area contributed by atoms with Crippen LogP contribution in [-0.4, -0.2) is 17.6 Å². The Kier molecular flexibility index (Phi) is 5.20. The van der Waals surface area contributed by atoms with Gasteiger partial charge in [-0.2, -0.15) is 11.8 Å². The fourth-order valence-electron chi connectivity index (χ4n) is 2.23. The summed E-state index contributed by atoms with van der Waals surface area (Å²) >= 11 is 2.06. The highest BCUT2D eigenvalue weighted by molar-refractivity contribution is 7.99. The van der Waals surface area contributed by atoms with Crippen molar-refractivity contribution in [1.82, 2.24) is 0 Å². The molecule has 0 aromatic heterocycles. The zero-order chi connectivity index (χ0) is 11.9. The molecule has 0 spiro atoms. The van der Waals surface area contributed by atoms with Crippen molar-refractivity contribution < 1.29 is 4.74 Å². The lowest BCUT2D eigenvalue weighted by Crippen LogP contribution is -2.07. The molecule has 0 amide bonds. The van der Waals surface area contributed by atoms with Crippen LogP contribution in [0.5, 0.6) is 5.75 Å². The third-order valence-corrected chi connectivity index (χ3v) is 4.53. The van der Waals surface area contributed by atoms with Gasteiger partial charge < -0.3 is 10.5 Å². The average molecular weight is 251 g/mol. The average Bonchev–Trinajstić information content (AvgIpc) is 2.88. The van der Waals surface area contributed by atoms with Gasteiger partial charge in [-0.3, -0.25) is 0 Å². The first-order valence-corrected chi connectivity index (χ1v) is 7.47. The Morgan fingerprint density at radius 2 is 2.00 bits per heavy atom. The van der Waals surface area contributed by atoms with Gasteiger partial charge >= 0.3 is 0 Å². The van der Waals surface area contributed by atoms with Crippen molar-refractivity contribution in [3.05, 3.63) is 29.8 Å². The number of thioether (sulfide) groups is 1. The van der Waals surface area contributed by atoms with Gasteiger partial charge in [0.15, 0.2) is 0 Å². The van der Waals surface area contributed by atoms with Gasteiger partial charge in [0, 0.05) is 23.1 Å². The maximum Gasteiger partial charge on any atom is 0.123 e. The van der Waals surface area contributed by atoms with E-state index in [1.54, 1.807) is 0 Å². The van der Waals surface area contributed by atoms with Crippen LogP contribution in [0.3, 0.4) is 0 Å². The lowest BCUT2D eigenvalue weighted by atomic mass is 10.2. The fourth-order valence-corrected chi connectivity index (χ4v) is 3.41. The number of rotatable bonds is 6. The van der Waals surface area contributed by atoms with Crippen LogP contribution in [-0.2, 0) is 6.54 Å². The topological polar surface area (TPSA) is 35.2 Å². The first-order chi connectivity index (χ1) is 8.40. The predicted octanol–water partition coefficient (Wildman–Crippen LogP) is 3.20. The molecule has 1 aliphatic rings. The first kappa shape index (κ1) is 12.8. The molecule has 2 N–H and O–H groups in total. The van der Waals surface area contributed by atoms with E-state index in [0.717, 1.165) is 28.9 Å². The normalized spacial score (nSPS) is 16.3. The van der Waals surface area contributed by atoms with E-state index in [2.05, 4.69) is 11.8 Å². The molecule has 1 aliphatic carbocycles. The van der Waals surface area contributed by atoms with Gasteiger partial charge in [0.2, 0.25) is 0 Å². The van der Waals surface area contributed by atoms with Crippen LogP contribution in [0, 0.1) is 0 Å². The van der Waals surface area contributed by atoms with E-state index >= 15 is 0 Å². The molecule has 0 aliphatic heterocycles. The summed E-state index contributed by atoms with van der Waals surface area (Å²) in [5.41, 5.74) is 6.76. The molecule has 0 unspecified atom stereocenters. The molecule has 0 atom stereocenters. The lowest BCUT2D eigenvalue weighted by molar-refractivity contribution is 0.340. The number of nitrogens with two attached hydrogens (primary N) is 1. The second-order valence-electron chi connectivity index (χ2n) is 4.44. The highest BCUT2D eigenvalue weighted by Crippen LogP contribution is 2.29. The SMILES string of the molecule is NCc1ccccc1OCCSC1CCCC1. The summed E-state index contributed by atoms with van der Waals surface area (Å²) in [6.45, 7) is 1.34. The minimum Gasteiger partial charge on any atom is -0.492 e. The van der Waals surface area contributed by atoms with E-state index < -0.39 is 0 Å². The summed E-state index contributed by atoms with van der Waals surface area (Å²) in [5.74, 6) is 2.03. The predicted molar refractivity (Wildman–Crippen MR) is 74.5 cm³/mol. The molecule has 0 heterocycles. The van der Waals surface area contributed by atoms with Crippen LogP contribution in [0.15, 0.2) is 24.3 Å². The van der Waals surface area contributed by atoms with E-state index in [1.165, 1.54) is 25.7 Å². The smallest absolute Gasteiger partial charge is 0.123 e. The van der Waals surface area contributed by atoms with Crippen molar-refractivity contribution in [2.45, 2.75) is 37.5 Å². The summed E-state index contributed by atoms with van der Waals surface area (Å²) in [6, 6.07) is 8.03. The van der Waals surface area contributed by atoms with Gasteiger partial charge in [-0.25, -0.2) is 0 Å². The third kappa shape index (κ3) is 3.93. The molecule has 0 bridgehead atoms. The highest BCUT2D eigenvalue weighted by Gasteiger charge is 2.14. The van der Waals surface area contributed by atoms with Gasteiger partial charge in [0.1, 0.15) is 5.75 Å². The molecule has 1 fully saturated rings. The molecule has 2 nitrogen and oxygen atoms in total. The minimum atomic E-state index is 0.548. The van der Waals surface area contributed by atoms with Crippen LogP contribution in [0.1, 0.15) is 31.2 Å². The molecule has 2 rings (SSSR count). The standard InChI is InChI=1S/C14H21NOS/c15-11-12-5-1-4-8-14(12)16-9-10-17-13-6-2-3-7-13/h1,4-5,8,13H,2-3,6-7,9-11,15H2. The van der Waals surface area contributed by atoms with Crippen LogP contribution >= 0.6 is 11.8 Å². The molecular weight excluding hydrogens is 230 g/mol. The molecule has 0 radical (unpaired) electrons. The number of ether oxygens (including phenoxy) is 1. The Balaban J connectivity index is 1.70. The van der Waals surface area contributed by atoms with E-state index in [-0.39, 0.29) is 0 Å². The molecule has 1 aromatic carbocycles. The van der Waals surface area contributed by atoms with Crippen molar-refractivity contribution in [3.8, 4) is 5.75 Å². The quantitative estimate of drug-likeness (QED) is 0.789. The largest absolute Gasteiger partial charge is 0.492 e. The number of para-hydroxylation sites is 1. The Morgan fingerprint density at radius 3 is 2.76 bits per heavy atom. The van der Waals surface area contributed by atoms with Gasteiger partial charge in [-0.05, 0) is 18.9 Å². The molecule has 1 saturated carbocycles. The molecule has 94 valence electrons. The van der Waals surface area contributed by atoms with Crippen LogP contribution in [0.4, 0.5) is 0 Å². The van der Waals surface area contributed by atoms with E-state index in [9.17, 15) is 0 Å². The Labute approximate surface area is 108 Å². The Bertz CT molecular complexity index is 337. The van der Waals surface area contributed by atoms with E-state index in [0.29, 0.717) is 6.54 Å². The summed E-state index contributed by atoms with van der Waals surface area (Å²) in [6.07, 6.45) is 5.61. The van der Waals surface area contributed by atoms with Crippen molar-refractivity contribution in [2.75, 3.05) is 12.4 Å². The fraction of sp³-hybridized carbons (Fsp3) is 0.571. The van der Waals surface area contributed by atoms with E-state index in [1.807, 2.05) is 24.3 Å². The molecule has 3 heteroatoms. The molecule has 0 saturated heterocycles. The molecule has 17 heavy (non-hydrogen) atoms. The second kappa shape index (κ2) is 6.92. The van der Waals surface area contributed by atoms with Crippen LogP contribution in [0.25, 0.3) is 0 Å². The third-order valence-electron chi connectivity index (χ3n) is 3.19. The number of hydrogen-bond acceptors (Lipinski definition) is 3. The Morgan fingerprint density at radius 1 is 1.24 bits per heavy atom. The van der Waals surface area contributed by atoms with Crippen LogP contribution in [0.2, 0.25) is 0 Å². The van der Waals surface area contributed by atoms with E-state index in [4.69, 9.17) is 10.5 Å². The lowest BCUT2D eigenvalue weighted by Gasteiger charge is -2.12. The Hall–Kier alpha value is -0.670. The summed E-state index contributed by atoms with van der Waals surface area (Å²) in [7, 11) is 0. The second-order valence-corrected chi connectivity index (χ2v) is 5.85. The minimum absolute atomic E-state index is 0.548. The van der Waals surface area contributed by atoms with Crippen molar-refractivity contribution in [1.29, 1.82) is 0 Å². The van der Waals surface area contributed by atoms with Crippen molar-refractivity contribution in [3.63, 3.8) is 0 Å². The maximum absolute atomic E-state index is 5.79. The highest BCUT2D eigenvalue weighted by atomic mass is 32.2. The van der Waals surface area contributed by atoms with Gasteiger partial charge in [-0.1, -0.05) is 31.0 Å². The van der Waals surface area contributed by atoms with Gasteiger partial charge in [0.25, 0.3) is 0 Å². The summed E-state index contributed by atoms with van der Waals surface area (Å²) in [5, 5.41) is 0.878. The maximum atomic E-state index is 5.79. The molecule has 1 aromatic rings. The zero-order valence-corrected chi connectivity index (χ0v) is 11.0. The summed E-state index contributed by atoms with van der Waals surface area (Å²) < 4.78 is 5.79. The number of benzene rings is 1. The summed E-state index contributed by atoms with van der Waals surface area (Å²) in [4.78, 5) is 0. The van der Waals surface area contributed by atoms with Gasteiger partial charge in [0.05, 0.1) is 6.61 Å². The van der Waals surface area contributed by atoms with Crippen molar-refractivity contribution in [2.24, 2.45) is 5.73 Å². The number of hydrogen-bond donors (Lipinski definition) is 1.